The molecule has 11 heavy (non-hydrogen) atoms. The van der Waals surface area contributed by atoms with Crippen molar-refractivity contribution in [2.24, 2.45) is 0 Å². The molecule has 1 aliphatic rings. The van der Waals surface area contributed by atoms with E-state index in [1.807, 2.05) is 6.07 Å². The summed E-state index contributed by atoms with van der Waals surface area (Å²) in [4.78, 5) is 0. The largest absolute Gasteiger partial charge is 0.465 e. The topological polar surface area (TPSA) is 55.5 Å². The van der Waals surface area contributed by atoms with Gasteiger partial charge < -0.3 is 15.6 Å². The Kier molecular flexibility index (Phi) is 1.26. The fraction of sp³-hybridized carbons (Fsp3) is 0.250. The van der Waals surface area contributed by atoms with Gasteiger partial charge in [-0.2, -0.15) is 0 Å². The van der Waals surface area contributed by atoms with Crippen LogP contribution in [0.5, 0.6) is 5.75 Å². The van der Waals surface area contributed by atoms with Gasteiger partial charge in [-0.3, -0.25) is 0 Å². The Morgan fingerprint density at radius 3 is 3.18 bits per heavy atom. The quantitative estimate of drug-likeness (QED) is 0.531. The highest BCUT2D eigenvalue weighted by molar-refractivity contribution is 5.49. The zero-order chi connectivity index (χ0) is 7.84. The van der Waals surface area contributed by atoms with E-state index in [1.165, 1.54) is 0 Å². The maximum atomic E-state index is 9.08. The van der Waals surface area contributed by atoms with Crippen LogP contribution in [-0.4, -0.2) is 11.4 Å². The molecule has 1 atom stereocenters. The molecular weight excluding hydrogens is 142 g/mol. The molecule has 1 aliphatic heterocycles. The number of hydrogen-bond donors (Lipinski definition) is 2. The molecule has 0 radical (unpaired) electrons. The predicted octanol–water partition coefficient (Wildman–Crippen LogP) is 0.522. The van der Waals surface area contributed by atoms with Gasteiger partial charge in [0.15, 0.2) is 0 Å². The molecule has 0 fully saturated rings. The standard InChI is InChI=1S/C8H9NO2/c9-6-1-2-7-5(3-6)4-8(10)11-7/h1-3,8,10H,4,9H2. The van der Waals surface area contributed by atoms with Crippen molar-refractivity contribution in [3.63, 3.8) is 0 Å². The maximum Gasteiger partial charge on any atom is 0.201 e. The van der Waals surface area contributed by atoms with Gasteiger partial charge in [-0.05, 0) is 18.2 Å². The van der Waals surface area contributed by atoms with Gasteiger partial charge in [-0.1, -0.05) is 0 Å². The number of rotatable bonds is 0. The van der Waals surface area contributed by atoms with Crippen LogP contribution in [0, 0.1) is 0 Å². The van der Waals surface area contributed by atoms with Crippen molar-refractivity contribution in [1.82, 2.24) is 0 Å². The highest BCUT2D eigenvalue weighted by Gasteiger charge is 2.19. The number of aliphatic hydroxyl groups excluding tert-OH is 1. The molecule has 0 aliphatic carbocycles. The SMILES string of the molecule is Nc1ccc2c(c1)CC(O)O2. The van der Waals surface area contributed by atoms with Crippen LogP contribution in [0.3, 0.4) is 0 Å². The fourth-order valence-corrected chi connectivity index (χ4v) is 1.25. The van der Waals surface area contributed by atoms with Crippen LogP contribution in [0.4, 0.5) is 5.69 Å². The Bertz CT molecular complexity index is 285. The Labute approximate surface area is 64.4 Å². The summed E-state index contributed by atoms with van der Waals surface area (Å²) in [6.45, 7) is 0. The molecule has 0 spiro atoms. The predicted molar refractivity (Wildman–Crippen MR) is 41.2 cm³/mol. The summed E-state index contributed by atoms with van der Waals surface area (Å²) in [5.74, 6) is 0.742. The summed E-state index contributed by atoms with van der Waals surface area (Å²) >= 11 is 0. The van der Waals surface area contributed by atoms with E-state index >= 15 is 0 Å². The second kappa shape index (κ2) is 2.13. The molecule has 1 aromatic carbocycles. The van der Waals surface area contributed by atoms with Crippen LogP contribution in [-0.2, 0) is 6.42 Å². The number of benzene rings is 1. The molecule has 1 heterocycles. The summed E-state index contributed by atoms with van der Waals surface area (Å²) in [6.07, 6.45) is -0.146. The summed E-state index contributed by atoms with van der Waals surface area (Å²) in [7, 11) is 0. The van der Waals surface area contributed by atoms with E-state index in [9.17, 15) is 0 Å². The van der Waals surface area contributed by atoms with E-state index in [4.69, 9.17) is 15.6 Å². The Balaban J connectivity index is 2.43. The second-order valence-electron chi connectivity index (χ2n) is 2.64. The minimum atomic E-state index is -0.688. The molecule has 3 N–H and O–H groups in total. The highest BCUT2D eigenvalue weighted by atomic mass is 16.6. The zero-order valence-corrected chi connectivity index (χ0v) is 5.95. The number of aliphatic hydroxyl groups is 1. The number of anilines is 1. The van der Waals surface area contributed by atoms with Crippen LogP contribution in [0.2, 0.25) is 0 Å². The van der Waals surface area contributed by atoms with Gasteiger partial charge in [0.2, 0.25) is 6.29 Å². The Morgan fingerprint density at radius 1 is 1.55 bits per heavy atom. The third-order valence-corrected chi connectivity index (χ3v) is 1.74. The third kappa shape index (κ3) is 1.03. The van der Waals surface area contributed by atoms with Crippen LogP contribution in [0.25, 0.3) is 0 Å². The lowest BCUT2D eigenvalue weighted by Gasteiger charge is -2.00. The maximum absolute atomic E-state index is 9.08. The summed E-state index contributed by atoms with van der Waals surface area (Å²) in [5.41, 5.74) is 7.23. The van der Waals surface area contributed by atoms with E-state index < -0.39 is 6.29 Å². The van der Waals surface area contributed by atoms with E-state index in [-0.39, 0.29) is 0 Å². The molecule has 1 unspecified atom stereocenters. The van der Waals surface area contributed by atoms with Gasteiger partial charge in [0.05, 0.1) is 0 Å². The van der Waals surface area contributed by atoms with E-state index in [0.29, 0.717) is 12.1 Å². The van der Waals surface area contributed by atoms with E-state index in [1.54, 1.807) is 12.1 Å². The molecule has 3 nitrogen and oxygen atoms in total. The molecular formula is C8H9NO2. The third-order valence-electron chi connectivity index (χ3n) is 1.74. The normalized spacial score (nSPS) is 21.0. The van der Waals surface area contributed by atoms with Gasteiger partial charge in [0.1, 0.15) is 5.75 Å². The zero-order valence-electron chi connectivity index (χ0n) is 5.95. The van der Waals surface area contributed by atoms with Crippen molar-refractivity contribution < 1.29 is 9.84 Å². The number of nitrogen functional groups attached to an aromatic ring is 1. The molecule has 58 valence electrons. The first-order valence-corrected chi connectivity index (χ1v) is 3.49. The molecule has 0 bridgehead atoms. The van der Waals surface area contributed by atoms with Gasteiger partial charge in [0, 0.05) is 17.7 Å². The molecule has 0 amide bonds. The van der Waals surface area contributed by atoms with Crippen LogP contribution >= 0.6 is 0 Å². The Hall–Kier alpha value is -1.22. The lowest BCUT2D eigenvalue weighted by Crippen LogP contribution is -2.09. The first-order valence-electron chi connectivity index (χ1n) is 3.49. The van der Waals surface area contributed by atoms with Crippen molar-refractivity contribution in [1.29, 1.82) is 0 Å². The van der Waals surface area contributed by atoms with Crippen LogP contribution < -0.4 is 10.5 Å². The number of fused-ring (bicyclic) bond motifs is 1. The second-order valence-corrected chi connectivity index (χ2v) is 2.64. The lowest BCUT2D eigenvalue weighted by atomic mass is 10.1. The average Bonchev–Trinajstić information content (AvgIpc) is 2.27. The summed E-state index contributed by atoms with van der Waals surface area (Å²) in [6, 6.07) is 5.36. The Morgan fingerprint density at radius 2 is 2.36 bits per heavy atom. The van der Waals surface area contributed by atoms with E-state index in [0.717, 1.165) is 11.3 Å². The van der Waals surface area contributed by atoms with Crippen molar-refractivity contribution >= 4 is 5.69 Å². The van der Waals surface area contributed by atoms with Gasteiger partial charge in [-0.15, -0.1) is 0 Å². The molecule has 0 saturated carbocycles. The number of nitrogens with two attached hydrogens (primary N) is 1. The number of hydrogen-bond acceptors (Lipinski definition) is 3. The first kappa shape index (κ1) is 6.49. The van der Waals surface area contributed by atoms with Crippen LogP contribution in [0.1, 0.15) is 5.56 Å². The fourth-order valence-electron chi connectivity index (χ4n) is 1.25. The van der Waals surface area contributed by atoms with Crippen LogP contribution in [0.15, 0.2) is 18.2 Å². The van der Waals surface area contributed by atoms with Crippen molar-refractivity contribution in [2.75, 3.05) is 5.73 Å². The van der Waals surface area contributed by atoms with E-state index in [2.05, 4.69) is 0 Å². The van der Waals surface area contributed by atoms with Gasteiger partial charge in [-0.25, -0.2) is 0 Å². The van der Waals surface area contributed by atoms with Gasteiger partial charge in [0.25, 0.3) is 0 Å². The minimum Gasteiger partial charge on any atom is -0.465 e. The lowest BCUT2D eigenvalue weighted by molar-refractivity contribution is 0.00215. The molecule has 3 heteroatoms. The summed E-state index contributed by atoms with van der Waals surface area (Å²) < 4.78 is 5.06. The number of ether oxygens (including phenoxy) is 1. The summed E-state index contributed by atoms with van der Waals surface area (Å²) in [5, 5.41) is 9.08. The minimum absolute atomic E-state index is 0.542. The smallest absolute Gasteiger partial charge is 0.201 e. The van der Waals surface area contributed by atoms with Crippen molar-refractivity contribution in [3.05, 3.63) is 23.8 Å². The molecule has 0 aromatic heterocycles. The first-order chi connectivity index (χ1) is 5.25. The molecule has 0 saturated heterocycles. The van der Waals surface area contributed by atoms with Crippen molar-refractivity contribution in [3.8, 4) is 5.75 Å². The molecule has 1 aromatic rings. The monoisotopic (exact) mass is 151 g/mol. The average molecular weight is 151 g/mol. The molecule has 2 rings (SSSR count). The highest BCUT2D eigenvalue weighted by Crippen LogP contribution is 2.29. The van der Waals surface area contributed by atoms with Crippen molar-refractivity contribution in [2.45, 2.75) is 12.7 Å². The van der Waals surface area contributed by atoms with Gasteiger partial charge >= 0.3 is 0 Å².